The number of hydrogen-bond acceptors (Lipinski definition) is 1. The summed E-state index contributed by atoms with van der Waals surface area (Å²) in [5.41, 5.74) is 3.84. The molecule has 0 saturated heterocycles. The Labute approximate surface area is 111 Å². The summed E-state index contributed by atoms with van der Waals surface area (Å²) in [6.07, 6.45) is 2.09. The van der Waals surface area contributed by atoms with E-state index in [-0.39, 0.29) is 0 Å². The molecular formula is C16H15NS. The topological polar surface area (TPSA) is 15.8 Å². The van der Waals surface area contributed by atoms with Crippen molar-refractivity contribution in [2.45, 2.75) is 23.6 Å². The second kappa shape index (κ2) is 4.54. The largest absolute Gasteiger partial charge is 0.360 e. The zero-order chi connectivity index (χ0) is 12.5. The van der Waals surface area contributed by atoms with E-state index in [1.165, 1.54) is 31.8 Å². The molecule has 3 rings (SSSR count). The highest BCUT2D eigenvalue weighted by Gasteiger charge is 2.06. The van der Waals surface area contributed by atoms with Gasteiger partial charge in [0, 0.05) is 26.9 Å². The molecule has 90 valence electrons. The first-order valence-electron chi connectivity index (χ1n) is 6.05. The van der Waals surface area contributed by atoms with E-state index in [9.17, 15) is 0 Å². The van der Waals surface area contributed by atoms with Crippen LogP contribution in [0.15, 0.2) is 58.5 Å². The van der Waals surface area contributed by atoms with Crippen LogP contribution in [0.4, 0.5) is 0 Å². The van der Waals surface area contributed by atoms with Gasteiger partial charge in [0.15, 0.2) is 0 Å². The van der Waals surface area contributed by atoms with E-state index in [2.05, 4.69) is 67.5 Å². The fourth-order valence-corrected chi connectivity index (χ4v) is 3.18. The lowest BCUT2D eigenvalue weighted by Crippen LogP contribution is -1.81. The Kier molecular flexibility index (Phi) is 2.88. The minimum Gasteiger partial charge on any atom is -0.360 e. The van der Waals surface area contributed by atoms with Gasteiger partial charge in [-0.2, -0.15) is 0 Å². The quantitative estimate of drug-likeness (QED) is 0.684. The molecule has 18 heavy (non-hydrogen) atoms. The molecule has 0 amide bonds. The maximum absolute atomic E-state index is 3.32. The Bertz CT molecular complexity index is 697. The van der Waals surface area contributed by atoms with Gasteiger partial charge in [-0.1, -0.05) is 42.1 Å². The first kappa shape index (κ1) is 11.4. The highest BCUT2D eigenvalue weighted by Crippen LogP contribution is 2.35. The van der Waals surface area contributed by atoms with Crippen molar-refractivity contribution in [2.24, 2.45) is 0 Å². The molecule has 0 aliphatic rings. The minimum atomic E-state index is 1.20. The summed E-state index contributed by atoms with van der Waals surface area (Å²) in [5.74, 6) is 0. The zero-order valence-corrected chi connectivity index (χ0v) is 11.3. The number of rotatable bonds is 2. The molecular weight excluding hydrogens is 238 g/mol. The molecule has 0 aliphatic carbocycles. The molecule has 0 bridgehead atoms. The third-order valence-corrected chi connectivity index (χ3v) is 4.33. The summed E-state index contributed by atoms with van der Waals surface area (Å²) >= 11 is 1.83. The van der Waals surface area contributed by atoms with Crippen molar-refractivity contribution in [3.05, 3.63) is 59.8 Å². The highest BCUT2D eigenvalue weighted by molar-refractivity contribution is 7.99. The standard InChI is InChI=1S/C16H15NS/c1-11-7-8-12(2)15(9-11)18-16-10-17-14-6-4-3-5-13(14)16/h3-10,17H,1-2H3. The number of aromatic amines is 1. The van der Waals surface area contributed by atoms with Crippen LogP contribution in [-0.2, 0) is 0 Å². The summed E-state index contributed by atoms with van der Waals surface area (Å²) in [6, 6.07) is 15.0. The molecule has 2 heteroatoms. The van der Waals surface area contributed by atoms with Crippen LogP contribution >= 0.6 is 11.8 Å². The molecule has 1 aromatic heterocycles. The second-order valence-corrected chi connectivity index (χ2v) is 5.65. The van der Waals surface area contributed by atoms with E-state index in [0.29, 0.717) is 0 Å². The van der Waals surface area contributed by atoms with E-state index < -0.39 is 0 Å². The van der Waals surface area contributed by atoms with Gasteiger partial charge in [-0.25, -0.2) is 0 Å². The normalized spacial score (nSPS) is 11.0. The van der Waals surface area contributed by atoms with Gasteiger partial charge in [-0.05, 0) is 37.1 Å². The average Bonchev–Trinajstić information content (AvgIpc) is 2.78. The summed E-state index contributed by atoms with van der Waals surface area (Å²) < 4.78 is 0. The molecule has 3 aromatic rings. The maximum atomic E-state index is 3.32. The average molecular weight is 253 g/mol. The van der Waals surface area contributed by atoms with Crippen molar-refractivity contribution in [3.63, 3.8) is 0 Å². The van der Waals surface area contributed by atoms with Gasteiger partial charge in [-0.15, -0.1) is 0 Å². The number of aryl methyl sites for hydroxylation is 2. The number of hydrogen-bond donors (Lipinski definition) is 1. The Balaban J connectivity index is 2.04. The molecule has 0 saturated carbocycles. The van der Waals surface area contributed by atoms with E-state index >= 15 is 0 Å². The van der Waals surface area contributed by atoms with Gasteiger partial charge in [0.05, 0.1) is 0 Å². The molecule has 1 N–H and O–H groups in total. The highest BCUT2D eigenvalue weighted by atomic mass is 32.2. The first-order valence-corrected chi connectivity index (χ1v) is 6.87. The van der Waals surface area contributed by atoms with Crippen molar-refractivity contribution < 1.29 is 0 Å². The van der Waals surface area contributed by atoms with Crippen molar-refractivity contribution in [3.8, 4) is 0 Å². The molecule has 0 aliphatic heterocycles. The number of fused-ring (bicyclic) bond motifs is 1. The Hall–Kier alpha value is -1.67. The van der Waals surface area contributed by atoms with E-state index in [1.807, 2.05) is 11.8 Å². The Morgan fingerprint density at radius 2 is 1.78 bits per heavy atom. The first-order chi connectivity index (χ1) is 8.74. The third-order valence-electron chi connectivity index (χ3n) is 3.11. The molecule has 0 unspecified atom stereocenters. The molecule has 0 spiro atoms. The molecule has 2 aromatic carbocycles. The number of H-pyrrole nitrogens is 1. The third kappa shape index (κ3) is 2.04. The van der Waals surface area contributed by atoms with Crippen molar-refractivity contribution in [1.29, 1.82) is 0 Å². The van der Waals surface area contributed by atoms with Crippen LogP contribution in [0, 0.1) is 13.8 Å². The Morgan fingerprint density at radius 1 is 0.944 bits per heavy atom. The molecule has 0 radical (unpaired) electrons. The lowest BCUT2D eigenvalue weighted by atomic mass is 10.2. The van der Waals surface area contributed by atoms with Crippen LogP contribution < -0.4 is 0 Å². The van der Waals surface area contributed by atoms with Gasteiger partial charge in [0.2, 0.25) is 0 Å². The maximum Gasteiger partial charge on any atom is 0.0465 e. The monoisotopic (exact) mass is 253 g/mol. The number of para-hydroxylation sites is 1. The predicted octanol–water partition coefficient (Wildman–Crippen LogP) is 4.94. The fourth-order valence-electron chi connectivity index (χ4n) is 2.07. The lowest BCUT2D eigenvalue weighted by Gasteiger charge is -2.05. The molecule has 1 nitrogen and oxygen atoms in total. The van der Waals surface area contributed by atoms with Crippen LogP contribution in [0.1, 0.15) is 11.1 Å². The van der Waals surface area contributed by atoms with Gasteiger partial charge >= 0.3 is 0 Å². The van der Waals surface area contributed by atoms with E-state index in [0.717, 1.165) is 0 Å². The van der Waals surface area contributed by atoms with Crippen LogP contribution in [-0.4, -0.2) is 4.98 Å². The summed E-state index contributed by atoms with van der Waals surface area (Å²) in [4.78, 5) is 5.95. The van der Waals surface area contributed by atoms with Gasteiger partial charge in [0.25, 0.3) is 0 Å². The molecule has 0 fully saturated rings. The molecule has 1 heterocycles. The molecule has 0 atom stereocenters. The van der Waals surface area contributed by atoms with Crippen molar-refractivity contribution >= 4 is 22.7 Å². The van der Waals surface area contributed by atoms with E-state index in [4.69, 9.17) is 0 Å². The van der Waals surface area contributed by atoms with E-state index in [1.54, 1.807) is 0 Å². The lowest BCUT2D eigenvalue weighted by molar-refractivity contribution is 1.26. The summed E-state index contributed by atoms with van der Waals surface area (Å²) in [7, 11) is 0. The number of benzene rings is 2. The van der Waals surface area contributed by atoms with Crippen LogP contribution in [0.3, 0.4) is 0 Å². The van der Waals surface area contributed by atoms with Crippen LogP contribution in [0.2, 0.25) is 0 Å². The van der Waals surface area contributed by atoms with Gasteiger partial charge < -0.3 is 4.98 Å². The smallest absolute Gasteiger partial charge is 0.0465 e. The zero-order valence-electron chi connectivity index (χ0n) is 10.5. The van der Waals surface area contributed by atoms with Gasteiger partial charge in [0.1, 0.15) is 0 Å². The van der Waals surface area contributed by atoms with Crippen molar-refractivity contribution in [2.75, 3.05) is 0 Å². The fraction of sp³-hybridized carbons (Fsp3) is 0.125. The summed E-state index contributed by atoms with van der Waals surface area (Å²) in [6.45, 7) is 4.30. The van der Waals surface area contributed by atoms with Crippen molar-refractivity contribution in [1.82, 2.24) is 4.98 Å². The predicted molar refractivity (Wildman–Crippen MR) is 78.3 cm³/mol. The van der Waals surface area contributed by atoms with Crippen LogP contribution in [0.5, 0.6) is 0 Å². The number of aromatic nitrogens is 1. The SMILES string of the molecule is Cc1ccc(C)c(Sc2c[nH]c3ccccc23)c1. The van der Waals surface area contributed by atoms with Crippen LogP contribution in [0.25, 0.3) is 10.9 Å². The second-order valence-electron chi connectivity index (χ2n) is 4.57. The Morgan fingerprint density at radius 3 is 2.67 bits per heavy atom. The minimum absolute atomic E-state index is 1.20. The summed E-state index contributed by atoms with van der Waals surface area (Å²) in [5, 5.41) is 1.29. The number of nitrogens with one attached hydrogen (secondary N) is 1. The van der Waals surface area contributed by atoms with Gasteiger partial charge in [-0.3, -0.25) is 0 Å².